The fourth-order valence-corrected chi connectivity index (χ4v) is 1.78. The van der Waals surface area contributed by atoms with Gasteiger partial charge in [0.1, 0.15) is 0 Å². The molecule has 2 N–H and O–H groups in total. The third-order valence-corrected chi connectivity index (χ3v) is 2.80. The van der Waals surface area contributed by atoms with Crippen molar-refractivity contribution in [2.24, 2.45) is 0 Å². The molecule has 0 unspecified atom stereocenters. The lowest BCUT2D eigenvalue weighted by Gasteiger charge is -2.05. The number of nitrogen functional groups attached to an aromatic ring is 1. The van der Waals surface area contributed by atoms with E-state index in [0.29, 0.717) is 17.9 Å². The van der Waals surface area contributed by atoms with E-state index >= 15 is 0 Å². The summed E-state index contributed by atoms with van der Waals surface area (Å²) in [6.45, 7) is 3.95. The van der Waals surface area contributed by atoms with Gasteiger partial charge in [-0.1, -0.05) is 5.21 Å². The summed E-state index contributed by atoms with van der Waals surface area (Å²) < 4.78 is 11.0. The number of benzene rings is 1. The minimum atomic E-state index is -0.630. The van der Waals surface area contributed by atoms with Gasteiger partial charge in [0.2, 0.25) is 5.69 Å². The van der Waals surface area contributed by atoms with E-state index in [0.717, 1.165) is 0 Å². The molecule has 0 saturated heterocycles. The van der Waals surface area contributed by atoms with Crippen LogP contribution in [0.2, 0.25) is 0 Å². The van der Waals surface area contributed by atoms with Crippen LogP contribution in [0.15, 0.2) is 24.3 Å². The van der Waals surface area contributed by atoms with Gasteiger partial charge in [0.05, 0.1) is 24.5 Å². The first-order chi connectivity index (χ1) is 10.6. The molecule has 8 nitrogen and oxygen atoms in total. The van der Waals surface area contributed by atoms with E-state index in [2.05, 4.69) is 10.3 Å². The van der Waals surface area contributed by atoms with E-state index < -0.39 is 11.9 Å². The SMILES string of the molecule is CCOC(=O)c1ccc(-n2nnc(C(=O)OCC)c2N)cc1. The molecule has 2 aromatic rings. The Morgan fingerprint density at radius 2 is 1.68 bits per heavy atom. The fourth-order valence-electron chi connectivity index (χ4n) is 1.78. The smallest absolute Gasteiger partial charge is 0.362 e. The zero-order valence-corrected chi connectivity index (χ0v) is 12.3. The summed E-state index contributed by atoms with van der Waals surface area (Å²) in [5.41, 5.74) is 6.79. The van der Waals surface area contributed by atoms with Crippen molar-refractivity contribution in [3.8, 4) is 5.69 Å². The van der Waals surface area contributed by atoms with Crippen LogP contribution in [-0.2, 0) is 9.47 Å². The average molecular weight is 304 g/mol. The van der Waals surface area contributed by atoms with Crippen molar-refractivity contribution in [2.45, 2.75) is 13.8 Å². The molecular weight excluding hydrogens is 288 g/mol. The second-order valence-electron chi connectivity index (χ2n) is 4.22. The van der Waals surface area contributed by atoms with Crippen LogP contribution >= 0.6 is 0 Å². The van der Waals surface area contributed by atoms with Crippen LogP contribution in [0.4, 0.5) is 5.82 Å². The third-order valence-electron chi connectivity index (χ3n) is 2.80. The summed E-state index contributed by atoms with van der Waals surface area (Å²) in [6, 6.07) is 6.43. The van der Waals surface area contributed by atoms with Crippen molar-refractivity contribution in [1.82, 2.24) is 15.0 Å². The molecule has 1 heterocycles. The molecule has 0 bridgehead atoms. The number of anilines is 1. The van der Waals surface area contributed by atoms with Gasteiger partial charge in [0.15, 0.2) is 5.82 Å². The predicted molar refractivity (Wildman–Crippen MR) is 77.7 cm³/mol. The van der Waals surface area contributed by atoms with Gasteiger partial charge in [-0.15, -0.1) is 5.10 Å². The number of nitrogens with zero attached hydrogens (tertiary/aromatic N) is 3. The topological polar surface area (TPSA) is 109 Å². The van der Waals surface area contributed by atoms with Crippen LogP contribution in [-0.4, -0.2) is 40.1 Å². The van der Waals surface area contributed by atoms with Gasteiger partial charge in [-0.2, -0.15) is 4.68 Å². The van der Waals surface area contributed by atoms with Crippen molar-refractivity contribution in [2.75, 3.05) is 18.9 Å². The lowest BCUT2D eigenvalue weighted by molar-refractivity contribution is 0.0513. The van der Waals surface area contributed by atoms with Gasteiger partial charge in [-0.25, -0.2) is 9.59 Å². The fraction of sp³-hybridized carbons (Fsp3) is 0.286. The molecule has 8 heteroatoms. The predicted octanol–water partition coefficient (Wildman–Crippen LogP) is 1.20. The molecule has 22 heavy (non-hydrogen) atoms. The number of carbonyl (C=O) groups is 2. The maximum atomic E-state index is 11.6. The number of rotatable bonds is 5. The number of nitrogens with two attached hydrogens (primary N) is 1. The summed E-state index contributed by atoms with van der Waals surface area (Å²) in [5, 5.41) is 7.54. The quantitative estimate of drug-likeness (QED) is 0.826. The lowest BCUT2D eigenvalue weighted by atomic mass is 10.2. The van der Waals surface area contributed by atoms with Gasteiger partial charge >= 0.3 is 11.9 Å². The maximum Gasteiger partial charge on any atom is 0.362 e. The minimum absolute atomic E-state index is 0.0451. The molecule has 1 aromatic heterocycles. The lowest BCUT2D eigenvalue weighted by Crippen LogP contribution is -2.10. The van der Waals surface area contributed by atoms with Gasteiger partial charge < -0.3 is 15.2 Å². The summed E-state index contributed by atoms with van der Waals surface area (Å²) in [7, 11) is 0. The monoisotopic (exact) mass is 304 g/mol. The zero-order chi connectivity index (χ0) is 16.1. The Morgan fingerprint density at radius 3 is 2.27 bits per heavy atom. The molecule has 0 spiro atoms. The highest BCUT2D eigenvalue weighted by atomic mass is 16.5. The molecule has 1 aromatic carbocycles. The molecule has 0 aliphatic heterocycles. The van der Waals surface area contributed by atoms with E-state index in [1.807, 2.05) is 0 Å². The average Bonchev–Trinajstić information content (AvgIpc) is 2.89. The second kappa shape index (κ2) is 6.70. The van der Waals surface area contributed by atoms with Crippen LogP contribution < -0.4 is 5.73 Å². The highest BCUT2D eigenvalue weighted by Crippen LogP contribution is 2.16. The molecule has 0 aliphatic rings. The summed E-state index contributed by atoms with van der Waals surface area (Å²) >= 11 is 0. The Labute approximate surface area is 126 Å². The van der Waals surface area contributed by atoms with Crippen LogP contribution in [0.5, 0.6) is 0 Å². The first-order valence-corrected chi connectivity index (χ1v) is 6.74. The van der Waals surface area contributed by atoms with Gasteiger partial charge in [-0.3, -0.25) is 0 Å². The number of hydrogen-bond acceptors (Lipinski definition) is 7. The standard InChI is InChI=1S/C14H16N4O4/c1-3-21-13(19)9-5-7-10(8-6-9)18-12(15)11(16-17-18)14(20)22-4-2/h5-8H,3-4,15H2,1-2H3. The van der Waals surface area contributed by atoms with Crippen molar-refractivity contribution >= 4 is 17.8 Å². The Bertz CT molecular complexity index is 679. The Kier molecular flexibility index (Phi) is 4.72. The Balaban J connectivity index is 2.26. The minimum Gasteiger partial charge on any atom is -0.462 e. The summed E-state index contributed by atoms with van der Waals surface area (Å²) in [6.07, 6.45) is 0. The first-order valence-electron chi connectivity index (χ1n) is 6.74. The second-order valence-corrected chi connectivity index (χ2v) is 4.22. The van der Waals surface area contributed by atoms with Crippen molar-refractivity contribution < 1.29 is 19.1 Å². The van der Waals surface area contributed by atoms with E-state index in [1.165, 1.54) is 4.68 Å². The number of ether oxygens (including phenoxy) is 2. The van der Waals surface area contributed by atoms with Crippen LogP contribution in [0.3, 0.4) is 0 Å². The largest absolute Gasteiger partial charge is 0.462 e. The summed E-state index contributed by atoms with van der Waals surface area (Å²) in [5.74, 6) is -0.968. The van der Waals surface area contributed by atoms with Gasteiger partial charge in [0, 0.05) is 0 Å². The molecule has 0 radical (unpaired) electrons. The van der Waals surface area contributed by atoms with Crippen molar-refractivity contribution in [1.29, 1.82) is 0 Å². The van der Waals surface area contributed by atoms with Crippen LogP contribution in [0.25, 0.3) is 5.69 Å². The van der Waals surface area contributed by atoms with E-state index in [4.69, 9.17) is 15.2 Å². The molecule has 0 fully saturated rings. The first kappa shape index (κ1) is 15.5. The van der Waals surface area contributed by atoms with Crippen molar-refractivity contribution in [3.63, 3.8) is 0 Å². The van der Waals surface area contributed by atoms with E-state index in [1.54, 1.807) is 38.1 Å². The van der Waals surface area contributed by atoms with Crippen LogP contribution in [0, 0.1) is 0 Å². The molecule has 2 rings (SSSR count). The normalized spacial score (nSPS) is 10.3. The third kappa shape index (κ3) is 3.05. The Morgan fingerprint density at radius 1 is 1.09 bits per heavy atom. The van der Waals surface area contributed by atoms with Crippen LogP contribution in [0.1, 0.15) is 34.7 Å². The zero-order valence-electron chi connectivity index (χ0n) is 12.3. The van der Waals surface area contributed by atoms with Gasteiger partial charge in [-0.05, 0) is 38.1 Å². The highest BCUT2D eigenvalue weighted by molar-refractivity contribution is 5.92. The van der Waals surface area contributed by atoms with E-state index in [-0.39, 0.29) is 18.1 Å². The molecular formula is C14H16N4O4. The van der Waals surface area contributed by atoms with Crippen molar-refractivity contribution in [3.05, 3.63) is 35.5 Å². The van der Waals surface area contributed by atoms with Gasteiger partial charge in [0.25, 0.3) is 0 Å². The Hall–Kier alpha value is -2.90. The molecule has 0 saturated carbocycles. The molecule has 0 aliphatic carbocycles. The molecule has 0 amide bonds. The number of hydrogen-bond donors (Lipinski definition) is 1. The molecule has 0 atom stereocenters. The maximum absolute atomic E-state index is 11.6. The summed E-state index contributed by atoms with van der Waals surface area (Å²) in [4.78, 5) is 23.2. The number of aromatic nitrogens is 3. The number of esters is 2. The van der Waals surface area contributed by atoms with E-state index in [9.17, 15) is 9.59 Å². The highest BCUT2D eigenvalue weighted by Gasteiger charge is 2.19. The number of carbonyl (C=O) groups excluding carboxylic acids is 2. The molecule has 116 valence electrons.